The minimum Gasteiger partial charge on any atom is -0.285 e. The summed E-state index contributed by atoms with van der Waals surface area (Å²) in [7, 11) is -1.17. The van der Waals surface area contributed by atoms with Gasteiger partial charge in [-0.2, -0.15) is 0 Å². The van der Waals surface area contributed by atoms with E-state index in [4.69, 9.17) is 0 Å². The van der Waals surface area contributed by atoms with Crippen LogP contribution in [0.2, 0.25) is 0 Å². The first kappa shape index (κ1) is 15.8. The van der Waals surface area contributed by atoms with Crippen LogP contribution < -0.4 is 10.3 Å². The Hall–Kier alpha value is -2.71. The first-order valence-electron chi connectivity index (χ1n) is 7.43. The average Bonchev–Trinajstić information content (AvgIpc) is 2.86. The van der Waals surface area contributed by atoms with Crippen molar-refractivity contribution in [1.29, 1.82) is 0 Å². The molecule has 0 amide bonds. The van der Waals surface area contributed by atoms with E-state index in [2.05, 4.69) is 9.71 Å². The van der Waals surface area contributed by atoms with E-state index in [-0.39, 0.29) is 11.4 Å². The van der Waals surface area contributed by atoms with Crippen LogP contribution in [-0.4, -0.2) is 25.8 Å². The maximum Gasteiger partial charge on any atom is 0.266 e. The third kappa shape index (κ3) is 2.50. The number of carbonyl (C=O) groups is 1. The normalized spacial score (nSPS) is 13.8. The molecule has 0 aliphatic carbocycles. The van der Waals surface area contributed by atoms with Gasteiger partial charge in [-0.15, -0.1) is 0 Å². The maximum absolute atomic E-state index is 13.4. The number of nitrogens with one attached hydrogen (secondary N) is 1. The second-order valence-electron chi connectivity index (χ2n) is 5.69. The summed E-state index contributed by atoms with van der Waals surface area (Å²) in [5.74, 6) is -1.03. The number of fused-ring (bicyclic) bond motifs is 4. The summed E-state index contributed by atoms with van der Waals surface area (Å²) in [5, 5.41) is 0.343. The summed E-state index contributed by atoms with van der Waals surface area (Å²) < 4.78 is 28.6. The zero-order chi connectivity index (χ0) is 17.7. The molecular weight excluding hydrogens is 345 g/mol. The number of hydrogen-bond donors (Lipinski definition) is 1. The summed E-state index contributed by atoms with van der Waals surface area (Å²) in [4.78, 5) is 29.6. The second-order valence-corrected chi connectivity index (χ2v) is 6.89. The van der Waals surface area contributed by atoms with Crippen LogP contribution in [0, 0.1) is 5.82 Å². The first-order valence-corrected chi connectivity index (χ1v) is 8.99. The van der Waals surface area contributed by atoms with E-state index < -0.39 is 28.1 Å². The fourth-order valence-electron chi connectivity index (χ4n) is 2.91. The molecule has 25 heavy (non-hydrogen) atoms. The highest BCUT2D eigenvalue weighted by atomic mass is 32.2. The number of carbonyl (C=O) groups excluding carboxylic acids is 1. The molecule has 1 N–H and O–H groups in total. The molecule has 1 aliphatic heterocycles. The second kappa shape index (κ2) is 5.68. The van der Waals surface area contributed by atoms with Crippen LogP contribution >= 0.6 is 0 Å². The largest absolute Gasteiger partial charge is 0.285 e. The van der Waals surface area contributed by atoms with Crippen LogP contribution in [0.5, 0.6) is 0 Å². The van der Waals surface area contributed by atoms with Gasteiger partial charge < -0.3 is 0 Å². The summed E-state index contributed by atoms with van der Waals surface area (Å²) in [6.07, 6.45) is 1.52. The van der Waals surface area contributed by atoms with Crippen molar-refractivity contribution in [2.75, 3.05) is 6.26 Å². The van der Waals surface area contributed by atoms with E-state index in [1.54, 1.807) is 18.2 Å². The van der Waals surface area contributed by atoms with Crippen molar-refractivity contribution in [2.24, 2.45) is 0 Å². The lowest BCUT2D eigenvalue weighted by molar-refractivity contribution is 0.103. The topological polar surface area (TPSA) is 81.1 Å². The Morgan fingerprint density at radius 3 is 2.76 bits per heavy atom. The Balaban J connectivity index is 1.93. The van der Waals surface area contributed by atoms with Gasteiger partial charge in [-0.3, -0.25) is 14.2 Å². The number of nitrogens with zero attached hydrogens (tertiary/aromatic N) is 2. The van der Waals surface area contributed by atoms with Crippen molar-refractivity contribution in [3.05, 3.63) is 69.5 Å². The maximum atomic E-state index is 13.4. The van der Waals surface area contributed by atoms with Crippen molar-refractivity contribution in [2.45, 2.75) is 6.54 Å². The standard InChI is InChI=1S/C17H12FN3O3S/c1-25(24)19-8-9-2-4-13-11(6-9)17(23)21-14-5-3-10(18)7-12(14)15(22)16(21)20-13/h2-7,19H,8H2,1H3. The van der Waals surface area contributed by atoms with Gasteiger partial charge in [-0.05, 0) is 35.9 Å². The van der Waals surface area contributed by atoms with Crippen molar-refractivity contribution in [3.63, 3.8) is 0 Å². The number of aromatic nitrogens is 2. The van der Waals surface area contributed by atoms with Gasteiger partial charge in [0.05, 0.1) is 33.1 Å². The van der Waals surface area contributed by atoms with Crippen molar-refractivity contribution in [3.8, 4) is 5.69 Å². The predicted molar refractivity (Wildman–Crippen MR) is 91.6 cm³/mol. The molecule has 1 unspecified atom stereocenters. The third-order valence-electron chi connectivity index (χ3n) is 4.06. The highest BCUT2D eigenvalue weighted by Gasteiger charge is 2.30. The van der Waals surface area contributed by atoms with Gasteiger partial charge in [0, 0.05) is 12.8 Å². The Morgan fingerprint density at radius 1 is 1.20 bits per heavy atom. The van der Waals surface area contributed by atoms with Gasteiger partial charge in [0.15, 0.2) is 5.82 Å². The van der Waals surface area contributed by atoms with Gasteiger partial charge >= 0.3 is 0 Å². The quantitative estimate of drug-likeness (QED) is 0.602. The number of benzene rings is 2. The van der Waals surface area contributed by atoms with Gasteiger partial charge in [0.2, 0.25) is 5.78 Å². The van der Waals surface area contributed by atoms with E-state index in [0.717, 1.165) is 11.6 Å². The molecule has 1 atom stereocenters. The lowest BCUT2D eigenvalue weighted by Gasteiger charge is -2.07. The van der Waals surface area contributed by atoms with Crippen molar-refractivity contribution in [1.82, 2.24) is 14.3 Å². The molecule has 0 bridgehead atoms. The van der Waals surface area contributed by atoms with Crippen LogP contribution in [0.25, 0.3) is 16.6 Å². The van der Waals surface area contributed by atoms with Crippen LogP contribution in [0.1, 0.15) is 21.7 Å². The van der Waals surface area contributed by atoms with E-state index in [0.29, 0.717) is 23.1 Å². The van der Waals surface area contributed by atoms with E-state index in [9.17, 15) is 18.2 Å². The average molecular weight is 357 g/mol. The molecule has 6 nitrogen and oxygen atoms in total. The lowest BCUT2D eigenvalue weighted by atomic mass is 10.1. The molecule has 0 saturated carbocycles. The fraction of sp³-hybridized carbons (Fsp3) is 0.118. The Kier molecular flexibility index (Phi) is 3.59. The first-order chi connectivity index (χ1) is 12.0. The van der Waals surface area contributed by atoms with Gasteiger partial charge in [-0.25, -0.2) is 18.3 Å². The fourth-order valence-corrected chi connectivity index (χ4v) is 3.28. The van der Waals surface area contributed by atoms with Gasteiger partial charge in [-0.1, -0.05) is 6.07 Å². The zero-order valence-electron chi connectivity index (χ0n) is 13.1. The summed E-state index contributed by atoms with van der Waals surface area (Å²) >= 11 is 0. The molecule has 3 aromatic rings. The van der Waals surface area contributed by atoms with Gasteiger partial charge in [0.1, 0.15) is 5.82 Å². The summed E-state index contributed by atoms with van der Waals surface area (Å²) in [6, 6.07) is 8.77. The summed E-state index contributed by atoms with van der Waals surface area (Å²) in [5.41, 5.74) is 1.23. The summed E-state index contributed by atoms with van der Waals surface area (Å²) in [6.45, 7) is 0.334. The number of ketones is 1. The molecule has 8 heteroatoms. The molecular formula is C17H12FN3O3S. The molecule has 0 radical (unpaired) electrons. The lowest BCUT2D eigenvalue weighted by Crippen LogP contribution is -2.22. The van der Waals surface area contributed by atoms with E-state index >= 15 is 0 Å². The predicted octanol–water partition coefficient (Wildman–Crippen LogP) is 1.45. The number of hydrogen-bond acceptors (Lipinski definition) is 4. The van der Waals surface area contributed by atoms with Crippen LogP contribution in [0.3, 0.4) is 0 Å². The highest BCUT2D eigenvalue weighted by Crippen LogP contribution is 2.27. The Labute approximate surface area is 143 Å². The molecule has 2 aromatic carbocycles. The van der Waals surface area contributed by atoms with Crippen LogP contribution in [0.4, 0.5) is 4.39 Å². The van der Waals surface area contributed by atoms with E-state index in [1.807, 2.05) is 0 Å². The highest BCUT2D eigenvalue weighted by molar-refractivity contribution is 7.82. The molecule has 126 valence electrons. The molecule has 0 saturated heterocycles. The third-order valence-corrected chi connectivity index (χ3v) is 4.61. The Bertz CT molecular complexity index is 1140. The van der Waals surface area contributed by atoms with Crippen LogP contribution in [0.15, 0.2) is 41.2 Å². The molecule has 1 aromatic heterocycles. The monoisotopic (exact) mass is 357 g/mol. The molecule has 4 rings (SSSR count). The van der Waals surface area contributed by atoms with Crippen LogP contribution in [-0.2, 0) is 17.5 Å². The van der Waals surface area contributed by atoms with Crippen molar-refractivity contribution >= 4 is 27.7 Å². The van der Waals surface area contributed by atoms with Crippen molar-refractivity contribution < 1.29 is 13.4 Å². The molecule has 0 spiro atoms. The molecule has 1 aliphatic rings. The smallest absolute Gasteiger partial charge is 0.266 e. The van der Waals surface area contributed by atoms with Gasteiger partial charge in [0.25, 0.3) is 5.56 Å². The Morgan fingerprint density at radius 2 is 2.00 bits per heavy atom. The minimum absolute atomic E-state index is 0.0152. The molecule has 0 fully saturated rings. The minimum atomic E-state index is -1.17. The number of halogens is 1. The zero-order valence-corrected chi connectivity index (χ0v) is 13.9. The van der Waals surface area contributed by atoms with E-state index in [1.165, 1.54) is 23.0 Å². The SMILES string of the molecule is CS(=O)NCc1ccc2nc3n(c(=O)c2c1)-c1ccc(F)cc1C3=O. The number of rotatable bonds is 3. The molecule has 2 heterocycles.